The highest BCUT2D eigenvalue weighted by Crippen LogP contribution is 2.39. The molecule has 2 heterocycles. The lowest BCUT2D eigenvalue weighted by molar-refractivity contribution is 0.479. The summed E-state index contributed by atoms with van der Waals surface area (Å²) >= 11 is 3.59. The normalized spacial score (nSPS) is 20.3. The first-order valence-corrected chi connectivity index (χ1v) is 13.5. The van der Waals surface area contributed by atoms with E-state index in [0.717, 1.165) is 11.0 Å². The van der Waals surface area contributed by atoms with Crippen LogP contribution in [0.2, 0.25) is 0 Å². The van der Waals surface area contributed by atoms with Crippen LogP contribution in [0.4, 0.5) is 5.82 Å². The third kappa shape index (κ3) is 5.02. The first kappa shape index (κ1) is 20.5. The molecule has 2 aromatic heterocycles. The van der Waals surface area contributed by atoms with Crippen LogP contribution in [0.3, 0.4) is 0 Å². The zero-order valence-electron chi connectivity index (χ0n) is 17.4. The number of nitrogens with one attached hydrogen (secondary N) is 1. The van der Waals surface area contributed by atoms with Crippen LogP contribution in [0.1, 0.15) is 93.9 Å². The lowest BCUT2D eigenvalue weighted by Gasteiger charge is -2.21. The van der Waals surface area contributed by atoms with E-state index in [-0.39, 0.29) is 0 Å². The van der Waals surface area contributed by atoms with Crippen molar-refractivity contribution >= 4 is 39.1 Å². The largest absolute Gasteiger partial charge is 0.367 e. The summed E-state index contributed by atoms with van der Waals surface area (Å²) in [6.07, 6.45) is 22.4. The quantitative estimate of drug-likeness (QED) is 0.417. The van der Waals surface area contributed by atoms with Gasteiger partial charge < -0.3 is 5.32 Å². The Hall–Kier alpha value is -0.810. The minimum atomic E-state index is 0.561. The van der Waals surface area contributed by atoms with Crippen LogP contribution < -0.4 is 5.32 Å². The zero-order valence-corrected chi connectivity index (χ0v) is 19.0. The van der Waals surface area contributed by atoms with Crippen molar-refractivity contribution in [2.45, 2.75) is 108 Å². The number of aromatic nitrogens is 2. The summed E-state index contributed by atoms with van der Waals surface area (Å²) in [7, 11) is 0. The smallest absolute Gasteiger partial charge is 0.190 e. The molecule has 0 amide bonds. The van der Waals surface area contributed by atoms with Gasteiger partial charge in [-0.25, -0.2) is 9.97 Å². The Balaban J connectivity index is 1.58. The molecule has 4 rings (SSSR count). The van der Waals surface area contributed by atoms with Crippen molar-refractivity contribution in [3.63, 3.8) is 0 Å². The lowest BCUT2D eigenvalue weighted by atomic mass is 9.96. The Kier molecular flexibility index (Phi) is 7.52. The fourth-order valence-electron chi connectivity index (χ4n) is 4.83. The van der Waals surface area contributed by atoms with E-state index in [1.165, 1.54) is 107 Å². The molecule has 2 aliphatic rings. The van der Waals surface area contributed by atoms with Crippen molar-refractivity contribution < 1.29 is 0 Å². The maximum absolute atomic E-state index is 4.97. The maximum Gasteiger partial charge on any atom is 0.190 e. The van der Waals surface area contributed by atoms with Gasteiger partial charge in [0.15, 0.2) is 5.16 Å². The maximum atomic E-state index is 4.97. The molecule has 0 atom stereocenters. The average Bonchev–Trinajstić information content (AvgIpc) is 3.08. The molecule has 2 aliphatic carbocycles. The summed E-state index contributed by atoms with van der Waals surface area (Å²) in [5, 5.41) is 6.20. The fraction of sp³-hybridized carbons (Fsp3) is 0.739. The third-order valence-electron chi connectivity index (χ3n) is 6.42. The molecule has 1 fully saturated rings. The van der Waals surface area contributed by atoms with Crippen LogP contribution in [0.5, 0.6) is 0 Å². The van der Waals surface area contributed by atoms with Gasteiger partial charge in [0.1, 0.15) is 10.6 Å². The Morgan fingerprint density at radius 2 is 1.46 bits per heavy atom. The Morgan fingerprint density at radius 1 is 0.821 bits per heavy atom. The number of thiophene rings is 1. The van der Waals surface area contributed by atoms with Gasteiger partial charge in [-0.15, -0.1) is 11.3 Å². The molecule has 0 unspecified atom stereocenters. The average molecular weight is 418 g/mol. The summed E-state index contributed by atoms with van der Waals surface area (Å²) in [5.41, 5.74) is 1.55. The molecular weight excluding hydrogens is 382 g/mol. The SMILES string of the molecule is CSc1nc(NC2CCCCCCCCCCC2)c2c3c(sc2n1)CCCC3. The standard InChI is InChI=1S/C23H35N3S2/c1-27-23-25-21(20-18-15-11-12-16-19(18)28-22(20)26-23)24-17-13-9-7-5-3-2-4-6-8-10-14-17/h17H,2-16H2,1H3,(H,24,25,26). The molecule has 3 nitrogen and oxygen atoms in total. The first-order chi connectivity index (χ1) is 13.8. The highest BCUT2D eigenvalue weighted by molar-refractivity contribution is 7.98. The van der Waals surface area contributed by atoms with Crippen molar-refractivity contribution in [3.05, 3.63) is 10.4 Å². The fourth-order valence-corrected chi connectivity index (χ4v) is 6.52. The molecular formula is C23H35N3S2. The van der Waals surface area contributed by atoms with E-state index in [1.807, 2.05) is 11.3 Å². The molecule has 0 spiro atoms. The second-order valence-corrected chi connectivity index (χ2v) is 10.4. The summed E-state index contributed by atoms with van der Waals surface area (Å²) in [6, 6.07) is 0.561. The monoisotopic (exact) mass is 417 g/mol. The Labute approximate surface area is 178 Å². The molecule has 0 radical (unpaired) electrons. The van der Waals surface area contributed by atoms with Gasteiger partial charge >= 0.3 is 0 Å². The minimum absolute atomic E-state index is 0.561. The van der Waals surface area contributed by atoms with Gasteiger partial charge in [-0.2, -0.15) is 0 Å². The van der Waals surface area contributed by atoms with Gasteiger partial charge in [-0.1, -0.05) is 69.5 Å². The van der Waals surface area contributed by atoms with Crippen LogP contribution in [0, 0.1) is 0 Å². The van der Waals surface area contributed by atoms with Crippen molar-refractivity contribution in [2.75, 3.05) is 11.6 Å². The van der Waals surface area contributed by atoms with E-state index in [0.29, 0.717) is 6.04 Å². The molecule has 154 valence electrons. The minimum Gasteiger partial charge on any atom is -0.367 e. The van der Waals surface area contributed by atoms with E-state index >= 15 is 0 Å². The van der Waals surface area contributed by atoms with Gasteiger partial charge in [0.05, 0.1) is 5.39 Å². The Bertz CT molecular complexity index is 759. The van der Waals surface area contributed by atoms with E-state index in [2.05, 4.69) is 11.6 Å². The number of anilines is 1. The second-order valence-electron chi connectivity index (χ2n) is 8.55. The molecule has 5 heteroatoms. The molecule has 0 aromatic carbocycles. The number of rotatable bonds is 3. The van der Waals surface area contributed by atoms with E-state index < -0.39 is 0 Å². The van der Waals surface area contributed by atoms with E-state index in [4.69, 9.17) is 9.97 Å². The number of fused-ring (bicyclic) bond motifs is 3. The molecule has 1 saturated carbocycles. The van der Waals surface area contributed by atoms with Gasteiger partial charge in [-0.05, 0) is 50.3 Å². The van der Waals surface area contributed by atoms with Gasteiger partial charge in [0, 0.05) is 10.9 Å². The van der Waals surface area contributed by atoms with E-state index in [1.54, 1.807) is 22.2 Å². The van der Waals surface area contributed by atoms with Crippen molar-refractivity contribution in [2.24, 2.45) is 0 Å². The molecule has 1 N–H and O–H groups in total. The van der Waals surface area contributed by atoms with Crippen LogP contribution in [0.15, 0.2) is 5.16 Å². The van der Waals surface area contributed by atoms with Crippen molar-refractivity contribution in [3.8, 4) is 0 Å². The summed E-state index contributed by atoms with van der Waals surface area (Å²) < 4.78 is 0. The second kappa shape index (κ2) is 10.3. The van der Waals surface area contributed by atoms with Crippen molar-refractivity contribution in [1.82, 2.24) is 9.97 Å². The van der Waals surface area contributed by atoms with Crippen LogP contribution in [-0.4, -0.2) is 22.3 Å². The van der Waals surface area contributed by atoms with Crippen LogP contribution in [0.25, 0.3) is 10.2 Å². The summed E-state index contributed by atoms with van der Waals surface area (Å²) in [6.45, 7) is 0. The first-order valence-electron chi connectivity index (χ1n) is 11.5. The Morgan fingerprint density at radius 3 is 2.14 bits per heavy atom. The van der Waals surface area contributed by atoms with Crippen LogP contribution >= 0.6 is 23.1 Å². The number of thioether (sulfide) groups is 1. The number of hydrogen-bond acceptors (Lipinski definition) is 5. The number of nitrogens with zero attached hydrogens (tertiary/aromatic N) is 2. The number of hydrogen-bond donors (Lipinski definition) is 1. The highest BCUT2D eigenvalue weighted by Gasteiger charge is 2.22. The predicted molar refractivity (Wildman–Crippen MR) is 124 cm³/mol. The molecule has 0 saturated heterocycles. The number of aryl methyl sites for hydroxylation is 2. The molecule has 2 aromatic rings. The van der Waals surface area contributed by atoms with Gasteiger partial charge in [0.25, 0.3) is 0 Å². The lowest BCUT2D eigenvalue weighted by Crippen LogP contribution is -2.21. The van der Waals surface area contributed by atoms with Crippen molar-refractivity contribution in [1.29, 1.82) is 0 Å². The molecule has 0 aliphatic heterocycles. The van der Waals surface area contributed by atoms with E-state index in [9.17, 15) is 0 Å². The molecule has 0 bridgehead atoms. The summed E-state index contributed by atoms with van der Waals surface area (Å²) in [5.74, 6) is 1.13. The predicted octanol–water partition coefficient (Wildman–Crippen LogP) is 7.38. The van der Waals surface area contributed by atoms with Crippen LogP contribution in [-0.2, 0) is 12.8 Å². The van der Waals surface area contributed by atoms with Gasteiger partial charge in [-0.3, -0.25) is 0 Å². The summed E-state index contributed by atoms with van der Waals surface area (Å²) in [4.78, 5) is 12.6. The third-order valence-corrected chi connectivity index (χ3v) is 8.16. The molecule has 28 heavy (non-hydrogen) atoms. The topological polar surface area (TPSA) is 37.8 Å². The zero-order chi connectivity index (χ0) is 19.2. The van der Waals surface area contributed by atoms with Gasteiger partial charge in [0.2, 0.25) is 0 Å². The highest BCUT2D eigenvalue weighted by atomic mass is 32.2.